The lowest BCUT2D eigenvalue weighted by Crippen LogP contribution is -2.47. The van der Waals surface area contributed by atoms with E-state index in [1.54, 1.807) is 6.92 Å². The third-order valence-corrected chi connectivity index (χ3v) is 3.08. The van der Waals surface area contributed by atoms with Crippen LogP contribution >= 0.6 is 12.4 Å². The molecule has 20 heavy (non-hydrogen) atoms. The number of hydrogen-bond donors (Lipinski definition) is 1. The number of alkyl halides is 3. The average Bonchev–Trinajstić information content (AvgIpc) is 2.79. The Kier molecular flexibility index (Phi) is 4.98. The molecule has 2 N–H and O–H groups in total. The Balaban J connectivity index is 0.00000200. The van der Waals surface area contributed by atoms with Crippen LogP contribution in [0.2, 0.25) is 0 Å². The summed E-state index contributed by atoms with van der Waals surface area (Å²) < 4.78 is 38.9. The largest absolute Gasteiger partial charge is 0.451 e. The van der Waals surface area contributed by atoms with Gasteiger partial charge in [0.1, 0.15) is 0 Å². The van der Waals surface area contributed by atoms with E-state index in [0.29, 0.717) is 6.42 Å². The normalized spacial score (nSPS) is 16.4. The number of nitrogens with zero attached hydrogens (tertiary/aromatic N) is 4. The standard InChI is InChI=1S/C10H14F3N5O.ClH/c1-2-6(14)8(19)17-3-4-18-7(5-17)15-16-9(18)10(11,12)13;/h6H,2-5,14H2,1H3;1H/t6-;/m0./s1. The fourth-order valence-electron chi connectivity index (χ4n) is 1.96. The smallest absolute Gasteiger partial charge is 0.332 e. The van der Waals surface area contributed by atoms with Crippen molar-refractivity contribution in [3.8, 4) is 0 Å². The van der Waals surface area contributed by atoms with Gasteiger partial charge in [-0.05, 0) is 6.42 Å². The van der Waals surface area contributed by atoms with E-state index in [2.05, 4.69) is 10.2 Å². The SMILES string of the molecule is CC[C@H](N)C(=O)N1CCn2c(nnc2C(F)(F)F)C1.Cl. The minimum atomic E-state index is -4.53. The molecule has 2 heterocycles. The van der Waals surface area contributed by atoms with Gasteiger partial charge in [-0.25, -0.2) is 0 Å². The molecule has 1 amide bonds. The number of halogens is 4. The van der Waals surface area contributed by atoms with Crippen LogP contribution in [0.4, 0.5) is 13.2 Å². The van der Waals surface area contributed by atoms with Crippen molar-refractivity contribution < 1.29 is 18.0 Å². The summed E-state index contributed by atoms with van der Waals surface area (Å²) >= 11 is 0. The molecular formula is C10H15ClF3N5O. The van der Waals surface area contributed by atoms with Crippen molar-refractivity contribution in [3.05, 3.63) is 11.6 Å². The molecule has 0 aromatic carbocycles. The van der Waals surface area contributed by atoms with Crippen molar-refractivity contribution >= 4 is 18.3 Å². The van der Waals surface area contributed by atoms with Gasteiger partial charge in [0.05, 0.1) is 12.6 Å². The van der Waals surface area contributed by atoms with Crippen molar-refractivity contribution in [2.24, 2.45) is 5.73 Å². The number of aromatic nitrogens is 3. The second-order valence-electron chi connectivity index (χ2n) is 4.36. The highest BCUT2D eigenvalue weighted by molar-refractivity contribution is 5.85. The molecule has 1 aliphatic heterocycles. The van der Waals surface area contributed by atoms with Gasteiger partial charge < -0.3 is 15.2 Å². The molecule has 0 unspecified atom stereocenters. The van der Waals surface area contributed by atoms with Gasteiger partial charge >= 0.3 is 6.18 Å². The molecular weight excluding hydrogens is 299 g/mol. The van der Waals surface area contributed by atoms with E-state index in [-0.39, 0.29) is 43.8 Å². The summed E-state index contributed by atoms with van der Waals surface area (Å²) in [7, 11) is 0. The predicted molar refractivity (Wildman–Crippen MR) is 66.0 cm³/mol. The molecule has 0 aliphatic carbocycles. The topological polar surface area (TPSA) is 77.0 Å². The van der Waals surface area contributed by atoms with Crippen LogP contribution in [0.5, 0.6) is 0 Å². The van der Waals surface area contributed by atoms with Crippen LogP contribution in [-0.2, 0) is 24.1 Å². The third kappa shape index (κ3) is 3.04. The van der Waals surface area contributed by atoms with Gasteiger partial charge in [-0.3, -0.25) is 4.79 Å². The molecule has 10 heteroatoms. The number of fused-ring (bicyclic) bond motifs is 1. The maximum Gasteiger partial charge on any atom is 0.451 e. The molecule has 2 rings (SSSR count). The van der Waals surface area contributed by atoms with Crippen LogP contribution in [-0.4, -0.2) is 38.2 Å². The van der Waals surface area contributed by atoms with Crippen molar-refractivity contribution in [1.29, 1.82) is 0 Å². The van der Waals surface area contributed by atoms with Crippen LogP contribution < -0.4 is 5.73 Å². The van der Waals surface area contributed by atoms with Gasteiger partial charge in [-0.15, -0.1) is 22.6 Å². The van der Waals surface area contributed by atoms with Crippen LogP contribution in [0, 0.1) is 0 Å². The van der Waals surface area contributed by atoms with Crippen molar-refractivity contribution in [3.63, 3.8) is 0 Å². The van der Waals surface area contributed by atoms with E-state index < -0.39 is 18.0 Å². The molecule has 1 aromatic rings. The van der Waals surface area contributed by atoms with Crippen LogP contribution in [0.3, 0.4) is 0 Å². The molecule has 1 atom stereocenters. The zero-order valence-electron chi connectivity index (χ0n) is 10.7. The zero-order chi connectivity index (χ0) is 14.2. The Bertz CT molecular complexity index is 490. The molecule has 114 valence electrons. The van der Waals surface area contributed by atoms with E-state index in [1.807, 2.05) is 0 Å². The van der Waals surface area contributed by atoms with E-state index >= 15 is 0 Å². The van der Waals surface area contributed by atoms with Gasteiger partial charge in [0.25, 0.3) is 0 Å². The first-order valence-electron chi connectivity index (χ1n) is 5.88. The lowest BCUT2D eigenvalue weighted by atomic mass is 10.2. The van der Waals surface area contributed by atoms with Gasteiger partial charge in [0, 0.05) is 13.1 Å². The summed E-state index contributed by atoms with van der Waals surface area (Å²) in [5.41, 5.74) is 5.63. The van der Waals surface area contributed by atoms with E-state index in [9.17, 15) is 18.0 Å². The third-order valence-electron chi connectivity index (χ3n) is 3.08. The Morgan fingerprint density at radius 2 is 2.05 bits per heavy atom. The first kappa shape index (κ1) is 16.7. The highest BCUT2D eigenvalue weighted by Crippen LogP contribution is 2.29. The molecule has 0 spiro atoms. The Labute approximate surface area is 119 Å². The second-order valence-corrected chi connectivity index (χ2v) is 4.36. The summed E-state index contributed by atoms with van der Waals surface area (Å²) in [6, 6.07) is -0.628. The minimum Gasteiger partial charge on any atom is -0.332 e. The maximum atomic E-state index is 12.6. The average molecular weight is 314 g/mol. The number of carbonyl (C=O) groups excluding carboxylic acids is 1. The molecule has 0 saturated heterocycles. The number of nitrogens with two attached hydrogens (primary N) is 1. The van der Waals surface area contributed by atoms with Gasteiger partial charge in [0.15, 0.2) is 5.82 Å². The number of rotatable bonds is 2. The number of amides is 1. The van der Waals surface area contributed by atoms with Crippen molar-refractivity contribution in [2.45, 2.75) is 38.7 Å². The molecule has 0 radical (unpaired) electrons. The number of carbonyl (C=O) groups is 1. The van der Waals surface area contributed by atoms with Crippen molar-refractivity contribution in [2.75, 3.05) is 6.54 Å². The van der Waals surface area contributed by atoms with Crippen molar-refractivity contribution in [1.82, 2.24) is 19.7 Å². The molecule has 0 saturated carbocycles. The summed E-state index contributed by atoms with van der Waals surface area (Å²) in [4.78, 5) is 13.3. The van der Waals surface area contributed by atoms with E-state index in [4.69, 9.17) is 5.73 Å². The monoisotopic (exact) mass is 313 g/mol. The first-order chi connectivity index (χ1) is 8.84. The summed E-state index contributed by atoms with van der Waals surface area (Å²) in [6.07, 6.45) is -4.05. The summed E-state index contributed by atoms with van der Waals surface area (Å²) in [5.74, 6) is -1.16. The Morgan fingerprint density at radius 3 is 2.60 bits per heavy atom. The predicted octanol–water partition coefficient (Wildman–Crippen LogP) is 0.798. The summed E-state index contributed by atoms with van der Waals surface area (Å²) in [5, 5.41) is 6.65. The Morgan fingerprint density at radius 1 is 1.40 bits per heavy atom. The zero-order valence-corrected chi connectivity index (χ0v) is 11.5. The lowest BCUT2D eigenvalue weighted by Gasteiger charge is -2.29. The highest BCUT2D eigenvalue weighted by atomic mass is 35.5. The lowest BCUT2D eigenvalue weighted by molar-refractivity contribution is -0.148. The van der Waals surface area contributed by atoms with E-state index in [0.717, 1.165) is 4.57 Å². The molecule has 1 aliphatic rings. The van der Waals surface area contributed by atoms with Crippen LogP contribution in [0.1, 0.15) is 25.0 Å². The summed E-state index contributed by atoms with van der Waals surface area (Å²) in [6.45, 7) is 1.99. The minimum absolute atomic E-state index is 0. The Hall–Kier alpha value is -1.35. The van der Waals surface area contributed by atoms with Crippen LogP contribution in [0.15, 0.2) is 0 Å². The first-order valence-corrected chi connectivity index (χ1v) is 5.88. The number of hydrogen-bond acceptors (Lipinski definition) is 4. The fourth-order valence-corrected chi connectivity index (χ4v) is 1.96. The highest BCUT2D eigenvalue weighted by Gasteiger charge is 2.40. The fraction of sp³-hybridized carbons (Fsp3) is 0.700. The quantitative estimate of drug-likeness (QED) is 0.876. The van der Waals surface area contributed by atoms with Gasteiger partial charge in [-0.2, -0.15) is 13.2 Å². The molecule has 0 bridgehead atoms. The maximum absolute atomic E-state index is 12.6. The van der Waals surface area contributed by atoms with Gasteiger partial charge in [0.2, 0.25) is 11.7 Å². The molecule has 6 nitrogen and oxygen atoms in total. The molecule has 1 aromatic heterocycles. The van der Waals surface area contributed by atoms with Gasteiger partial charge in [-0.1, -0.05) is 6.92 Å². The van der Waals surface area contributed by atoms with Crippen LogP contribution in [0.25, 0.3) is 0 Å². The molecule has 0 fully saturated rings. The van der Waals surface area contributed by atoms with E-state index in [1.165, 1.54) is 4.90 Å². The second kappa shape index (κ2) is 5.96.